The zero-order valence-electron chi connectivity index (χ0n) is 36.0. The summed E-state index contributed by atoms with van der Waals surface area (Å²) in [4.78, 5) is 18.8. The van der Waals surface area contributed by atoms with E-state index in [2.05, 4.69) is 95.2 Å². The largest absolute Gasteiger partial charge is 0.497 e. The Kier molecular flexibility index (Phi) is 15.2. The third kappa shape index (κ3) is 12.4. The first kappa shape index (κ1) is 45.1. The van der Waals surface area contributed by atoms with Gasteiger partial charge in [0.15, 0.2) is 0 Å². The van der Waals surface area contributed by atoms with Crippen LogP contribution in [0, 0.1) is 5.41 Å². The van der Waals surface area contributed by atoms with Crippen LogP contribution in [-0.4, -0.2) is 65.1 Å². The minimum atomic E-state index is -0.911. The monoisotopic (exact) mass is 867 g/mol. The molecule has 2 fully saturated rings. The molecule has 0 spiro atoms. The highest BCUT2D eigenvalue weighted by atomic mass is 35.5. The normalized spacial score (nSPS) is 16.0. The van der Waals surface area contributed by atoms with Gasteiger partial charge in [0.05, 0.1) is 36.4 Å². The maximum atomic E-state index is 11.5. The SMILES string of the molecule is CC(C)(O)c1ccccc1CC[C@@H](SCC1(CC(=O)O)CC1)c1cccc(C=Cc2ccc3ccc(Cl)cc3n2)c1.COc1ccc(C(c2ccccc2)N2CCNCC2)cc1. The summed E-state index contributed by atoms with van der Waals surface area (Å²) in [6, 6.07) is 46.0. The number of piperazine rings is 1. The van der Waals surface area contributed by atoms with Gasteiger partial charge in [-0.05, 0) is 115 Å². The maximum absolute atomic E-state index is 11.5. The molecule has 0 radical (unpaired) electrons. The number of hydrogen-bond donors (Lipinski definition) is 3. The molecule has 2 atom stereocenters. The summed E-state index contributed by atoms with van der Waals surface area (Å²) < 4.78 is 5.28. The predicted octanol–water partition coefficient (Wildman–Crippen LogP) is 11.6. The number of rotatable bonds is 16. The predicted molar refractivity (Wildman–Crippen MR) is 257 cm³/mol. The lowest BCUT2D eigenvalue weighted by atomic mass is 9.90. The van der Waals surface area contributed by atoms with Crippen LogP contribution in [0.4, 0.5) is 0 Å². The molecular weight excluding hydrogens is 810 g/mol. The number of nitrogens with one attached hydrogen (secondary N) is 1. The number of methoxy groups -OCH3 is 1. The number of carboxylic acids is 1. The lowest BCUT2D eigenvalue weighted by Gasteiger charge is -2.35. The minimum Gasteiger partial charge on any atom is -0.497 e. The Morgan fingerprint density at radius 2 is 1.56 bits per heavy atom. The summed E-state index contributed by atoms with van der Waals surface area (Å²) >= 11 is 8.04. The molecule has 8 rings (SSSR count). The summed E-state index contributed by atoms with van der Waals surface area (Å²) in [5, 5.41) is 25.5. The number of fused-ring (bicyclic) bond motifs is 1. The van der Waals surface area contributed by atoms with Crippen LogP contribution >= 0.6 is 23.4 Å². The zero-order chi connectivity index (χ0) is 43.5. The zero-order valence-corrected chi connectivity index (χ0v) is 37.5. The third-order valence-corrected chi connectivity index (χ3v) is 13.8. The highest BCUT2D eigenvalue weighted by Gasteiger charge is 2.44. The molecule has 1 aliphatic carbocycles. The molecule has 6 aromatic rings. The number of aliphatic carboxylic acids is 1. The molecule has 2 heterocycles. The number of aryl methyl sites for hydroxylation is 1. The lowest BCUT2D eigenvalue weighted by molar-refractivity contribution is -0.138. The molecule has 3 N–H and O–H groups in total. The van der Waals surface area contributed by atoms with Crippen molar-refractivity contribution < 1.29 is 19.7 Å². The first-order valence-corrected chi connectivity index (χ1v) is 23.0. The summed E-state index contributed by atoms with van der Waals surface area (Å²) in [5.74, 6) is 1.03. The van der Waals surface area contributed by atoms with Crippen LogP contribution in [0.1, 0.15) is 89.9 Å². The third-order valence-electron chi connectivity index (χ3n) is 11.9. The number of halogens is 1. The van der Waals surface area contributed by atoms with Crippen LogP contribution in [0.2, 0.25) is 5.02 Å². The Labute approximate surface area is 376 Å². The summed E-state index contributed by atoms with van der Waals surface area (Å²) in [7, 11) is 1.71. The van der Waals surface area contributed by atoms with Crippen LogP contribution in [0.3, 0.4) is 0 Å². The molecular formula is C53H58ClN3O4S. The number of thioether (sulfide) groups is 1. The summed E-state index contributed by atoms with van der Waals surface area (Å²) in [6.45, 7) is 7.92. The van der Waals surface area contributed by atoms with Crippen molar-refractivity contribution in [2.24, 2.45) is 5.41 Å². The van der Waals surface area contributed by atoms with Gasteiger partial charge < -0.3 is 20.3 Å². The smallest absolute Gasteiger partial charge is 0.303 e. The average Bonchev–Trinajstić information content (AvgIpc) is 4.05. The van der Waals surface area contributed by atoms with Gasteiger partial charge in [0, 0.05) is 47.6 Å². The fourth-order valence-electron chi connectivity index (χ4n) is 8.33. The molecule has 1 saturated heterocycles. The number of benzene rings is 5. The van der Waals surface area contributed by atoms with Crippen LogP contribution in [0.25, 0.3) is 23.1 Å². The van der Waals surface area contributed by atoms with Crippen molar-refractivity contribution in [3.05, 3.63) is 178 Å². The van der Waals surface area contributed by atoms with Gasteiger partial charge in [0.25, 0.3) is 0 Å². The van der Waals surface area contributed by atoms with E-state index in [1.54, 1.807) is 7.11 Å². The fraction of sp³-hybridized carbons (Fsp3) is 0.321. The number of nitrogens with zero attached hydrogens (tertiary/aromatic N) is 2. The average molecular weight is 869 g/mol. The van der Waals surface area contributed by atoms with Crippen LogP contribution in [0.15, 0.2) is 133 Å². The molecule has 1 saturated carbocycles. The second-order valence-corrected chi connectivity index (χ2v) is 18.7. The second-order valence-electron chi connectivity index (χ2n) is 17.1. The number of pyridine rings is 1. The molecule has 0 bridgehead atoms. The number of aliphatic hydroxyl groups is 1. The highest BCUT2D eigenvalue weighted by Crippen LogP contribution is 2.53. The van der Waals surface area contributed by atoms with E-state index in [4.69, 9.17) is 21.3 Å². The Bertz CT molecular complexity index is 2420. The van der Waals surface area contributed by atoms with E-state index in [-0.39, 0.29) is 17.1 Å². The molecule has 7 nitrogen and oxygen atoms in total. The van der Waals surface area contributed by atoms with Gasteiger partial charge in [-0.25, -0.2) is 4.98 Å². The molecule has 9 heteroatoms. The van der Waals surface area contributed by atoms with E-state index in [0.29, 0.717) is 11.1 Å². The van der Waals surface area contributed by atoms with Crippen LogP contribution < -0.4 is 10.1 Å². The van der Waals surface area contributed by atoms with Gasteiger partial charge in [-0.3, -0.25) is 9.69 Å². The lowest BCUT2D eigenvalue weighted by Crippen LogP contribution is -2.45. The van der Waals surface area contributed by atoms with Crippen molar-refractivity contribution in [2.75, 3.05) is 39.0 Å². The summed E-state index contributed by atoms with van der Waals surface area (Å²) in [5.41, 5.74) is 7.83. The second kappa shape index (κ2) is 20.9. The molecule has 2 aliphatic rings. The number of carboxylic acid groups (broad SMARTS) is 1. The standard InChI is InChI=1S/C35H36ClNO3S.C18H22N2O/c1-34(2,40)30-9-4-3-7-25(30)13-17-32(41-23-35(18-19-35)22-33(38)39)27-8-5-6-24(20-27)10-15-29-16-12-26-11-14-28(36)21-31(26)37-29;1-21-17-9-7-16(8-10-17)18(15-5-3-2-4-6-15)20-13-11-19-12-14-20/h3-12,14-16,20-21,32,40H,13,17-19,22-23H2,1-2H3,(H,38,39);2-10,18-19H,11-14H2,1H3/t32-;/m1./s1. The van der Waals surface area contributed by atoms with E-state index in [9.17, 15) is 15.0 Å². The maximum Gasteiger partial charge on any atom is 0.303 e. The van der Waals surface area contributed by atoms with Gasteiger partial charge in [0.1, 0.15) is 5.75 Å². The van der Waals surface area contributed by atoms with Crippen LogP contribution in [-0.2, 0) is 16.8 Å². The molecule has 1 aliphatic heterocycles. The topological polar surface area (TPSA) is 94.9 Å². The van der Waals surface area contributed by atoms with E-state index in [1.165, 1.54) is 16.7 Å². The van der Waals surface area contributed by atoms with Crippen molar-refractivity contribution in [1.82, 2.24) is 15.2 Å². The van der Waals surface area contributed by atoms with Crippen molar-refractivity contribution in [1.29, 1.82) is 0 Å². The van der Waals surface area contributed by atoms with Crippen molar-refractivity contribution in [3.63, 3.8) is 0 Å². The Hall–Kier alpha value is -4.96. The van der Waals surface area contributed by atoms with Gasteiger partial charge in [-0.1, -0.05) is 121 Å². The van der Waals surface area contributed by atoms with E-state index in [0.717, 1.165) is 96.7 Å². The molecule has 62 heavy (non-hydrogen) atoms. The number of hydrogen-bond acceptors (Lipinski definition) is 7. The molecule has 1 aromatic heterocycles. The molecule has 5 aromatic carbocycles. The molecule has 322 valence electrons. The first-order chi connectivity index (χ1) is 30.0. The van der Waals surface area contributed by atoms with Crippen molar-refractivity contribution in [2.45, 2.75) is 62.8 Å². The number of aromatic nitrogens is 1. The van der Waals surface area contributed by atoms with E-state index < -0.39 is 11.6 Å². The highest BCUT2D eigenvalue weighted by molar-refractivity contribution is 7.99. The van der Waals surface area contributed by atoms with Gasteiger partial charge in [-0.2, -0.15) is 11.8 Å². The Morgan fingerprint density at radius 1 is 0.871 bits per heavy atom. The number of carbonyl (C=O) groups is 1. The molecule has 1 unspecified atom stereocenters. The first-order valence-electron chi connectivity index (χ1n) is 21.6. The molecule has 0 amide bonds. The summed E-state index contributed by atoms with van der Waals surface area (Å²) in [6.07, 6.45) is 8.02. The quantitative estimate of drug-likeness (QED) is 0.0885. The van der Waals surface area contributed by atoms with E-state index >= 15 is 0 Å². The van der Waals surface area contributed by atoms with Crippen LogP contribution in [0.5, 0.6) is 5.75 Å². The van der Waals surface area contributed by atoms with E-state index in [1.807, 2.05) is 86.3 Å². The Morgan fingerprint density at radius 3 is 2.27 bits per heavy atom. The van der Waals surface area contributed by atoms with Gasteiger partial charge in [-0.15, -0.1) is 0 Å². The van der Waals surface area contributed by atoms with Gasteiger partial charge in [0.2, 0.25) is 0 Å². The van der Waals surface area contributed by atoms with Gasteiger partial charge >= 0.3 is 5.97 Å². The Balaban J connectivity index is 0.000000230. The minimum absolute atomic E-state index is 0.0814. The number of ether oxygens (including phenoxy) is 1. The van der Waals surface area contributed by atoms with Crippen molar-refractivity contribution >= 4 is 52.4 Å². The van der Waals surface area contributed by atoms with Crippen molar-refractivity contribution in [3.8, 4) is 5.75 Å². The fourth-order valence-corrected chi connectivity index (χ4v) is 10.1.